The molecule has 1 fully saturated rings. The van der Waals surface area contributed by atoms with Crippen LogP contribution in [-0.2, 0) is 0 Å². The third-order valence-corrected chi connectivity index (χ3v) is 4.11. The molecular formula is C12H14O3S. The van der Waals surface area contributed by atoms with Crippen LogP contribution in [0, 0.1) is 5.92 Å². The maximum atomic E-state index is 11.0. The van der Waals surface area contributed by atoms with E-state index in [4.69, 9.17) is 5.11 Å². The molecule has 3 nitrogen and oxygen atoms in total. The fraction of sp³-hybridized carbons (Fsp3) is 0.417. The van der Waals surface area contributed by atoms with Crippen molar-refractivity contribution >= 4 is 17.7 Å². The van der Waals surface area contributed by atoms with Crippen molar-refractivity contribution in [2.75, 3.05) is 11.5 Å². The highest BCUT2D eigenvalue weighted by Crippen LogP contribution is 2.35. The lowest BCUT2D eigenvalue weighted by molar-refractivity contribution is 0.0681. The largest absolute Gasteiger partial charge is 0.478 e. The molecule has 1 aliphatic rings. The minimum absolute atomic E-state index is 0.186. The Labute approximate surface area is 98.5 Å². The van der Waals surface area contributed by atoms with Gasteiger partial charge in [0.05, 0.1) is 11.7 Å². The van der Waals surface area contributed by atoms with E-state index < -0.39 is 12.1 Å². The highest BCUT2D eigenvalue weighted by Gasteiger charge is 2.27. The van der Waals surface area contributed by atoms with E-state index in [2.05, 4.69) is 0 Å². The van der Waals surface area contributed by atoms with Gasteiger partial charge in [-0.05, 0) is 35.5 Å². The maximum absolute atomic E-state index is 11.0. The molecule has 0 radical (unpaired) electrons. The van der Waals surface area contributed by atoms with Crippen molar-refractivity contribution in [2.24, 2.45) is 5.92 Å². The van der Waals surface area contributed by atoms with Gasteiger partial charge in [0, 0.05) is 0 Å². The van der Waals surface area contributed by atoms with E-state index in [1.807, 2.05) is 11.8 Å². The zero-order valence-electron chi connectivity index (χ0n) is 8.80. The molecule has 16 heavy (non-hydrogen) atoms. The van der Waals surface area contributed by atoms with Gasteiger partial charge in [-0.25, -0.2) is 4.79 Å². The van der Waals surface area contributed by atoms with Crippen molar-refractivity contribution in [3.8, 4) is 0 Å². The second kappa shape index (κ2) is 4.89. The van der Waals surface area contributed by atoms with Gasteiger partial charge < -0.3 is 10.2 Å². The molecule has 1 aromatic carbocycles. The number of benzene rings is 1. The van der Waals surface area contributed by atoms with Crippen LogP contribution in [0.5, 0.6) is 0 Å². The Hall–Kier alpha value is -1.00. The molecule has 2 atom stereocenters. The Morgan fingerprint density at radius 3 is 2.81 bits per heavy atom. The van der Waals surface area contributed by atoms with E-state index in [0.717, 1.165) is 17.9 Å². The lowest BCUT2D eigenvalue weighted by atomic mass is 9.92. The molecular weight excluding hydrogens is 224 g/mol. The van der Waals surface area contributed by atoms with Crippen molar-refractivity contribution in [1.82, 2.24) is 0 Å². The lowest BCUT2D eigenvalue weighted by Crippen LogP contribution is -2.15. The average molecular weight is 238 g/mol. The number of thioether (sulfide) groups is 1. The van der Waals surface area contributed by atoms with Crippen LogP contribution in [0.2, 0.25) is 0 Å². The summed E-state index contributed by atoms with van der Waals surface area (Å²) in [6.07, 6.45) is 0.307. The van der Waals surface area contributed by atoms with Crippen LogP contribution < -0.4 is 0 Å². The van der Waals surface area contributed by atoms with Crippen molar-refractivity contribution in [3.63, 3.8) is 0 Å². The van der Waals surface area contributed by atoms with Gasteiger partial charge in [-0.2, -0.15) is 11.8 Å². The van der Waals surface area contributed by atoms with Gasteiger partial charge in [-0.15, -0.1) is 0 Å². The van der Waals surface area contributed by atoms with Gasteiger partial charge in [0.15, 0.2) is 0 Å². The number of aliphatic hydroxyl groups is 1. The maximum Gasteiger partial charge on any atom is 0.336 e. The Kier molecular flexibility index (Phi) is 3.51. The van der Waals surface area contributed by atoms with Crippen LogP contribution in [0.4, 0.5) is 0 Å². The van der Waals surface area contributed by atoms with Crippen LogP contribution in [0.15, 0.2) is 24.3 Å². The Morgan fingerprint density at radius 1 is 1.44 bits per heavy atom. The quantitative estimate of drug-likeness (QED) is 0.847. The second-order valence-corrected chi connectivity index (χ2v) is 5.11. The van der Waals surface area contributed by atoms with Gasteiger partial charge in [0.25, 0.3) is 0 Å². The zero-order chi connectivity index (χ0) is 11.5. The lowest BCUT2D eigenvalue weighted by Gasteiger charge is -2.19. The molecule has 0 saturated carbocycles. The Bertz CT molecular complexity index is 386. The molecule has 0 amide bonds. The summed E-state index contributed by atoms with van der Waals surface area (Å²) >= 11 is 1.81. The minimum Gasteiger partial charge on any atom is -0.478 e. The average Bonchev–Trinajstić information content (AvgIpc) is 2.81. The molecule has 2 N–H and O–H groups in total. The fourth-order valence-electron chi connectivity index (χ4n) is 2.01. The van der Waals surface area contributed by atoms with Crippen molar-refractivity contribution in [2.45, 2.75) is 12.5 Å². The van der Waals surface area contributed by atoms with Gasteiger partial charge in [-0.1, -0.05) is 18.2 Å². The Morgan fingerprint density at radius 2 is 2.19 bits per heavy atom. The van der Waals surface area contributed by atoms with Crippen LogP contribution in [0.1, 0.15) is 28.4 Å². The van der Waals surface area contributed by atoms with Crippen molar-refractivity contribution in [1.29, 1.82) is 0 Å². The summed E-state index contributed by atoms with van der Waals surface area (Å²) in [6, 6.07) is 6.70. The number of hydrogen-bond acceptors (Lipinski definition) is 3. The van der Waals surface area contributed by atoms with E-state index in [0.29, 0.717) is 5.56 Å². The number of carboxylic acid groups (broad SMARTS) is 1. The molecule has 1 saturated heterocycles. The van der Waals surface area contributed by atoms with E-state index in [1.165, 1.54) is 0 Å². The first-order valence-electron chi connectivity index (χ1n) is 5.28. The third kappa shape index (κ3) is 2.23. The van der Waals surface area contributed by atoms with Crippen LogP contribution in [0.3, 0.4) is 0 Å². The highest BCUT2D eigenvalue weighted by molar-refractivity contribution is 7.99. The van der Waals surface area contributed by atoms with E-state index in [9.17, 15) is 9.90 Å². The number of carboxylic acids is 1. The Balaban J connectivity index is 2.27. The summed E-state index contributed by atoms with van der Waals surface area (Å²) in [6.45, 7) is 0. The summed E-state index contributed by atoms with van der Waals surface area (Å²) in [5, 5.41) is 19.2. The molecule has 1 aliphatic heterocycles. The van der Waals surface area contributed by atoms with Crippen molar-refractivity contribution in [3.05, 3.63) is 35.4 Å². The smallest absolute Gasteiger partial charge is 0.336 e. The topological polar surface area (TPSA) is 57.5 Å². The number of aromatic carboxylic acids is 1. The highest BCUT2D eigenvalue weighted by atomic mass is 32.2. The summed E-state index contributed by atoms with van der Waals surface area (Å²) in [5.74, 6) is 1.18. The fourth-order valence-corrected chi connectivity index (χ4v) is 3.29. The number of aliphatic hydroxyl groups excluding tert-OH is 1. The van der Waals surface area contributed by atoms with E-state index >= 15 is 0 Å². The van der Waals surface area contributed by atoms with Crippen LogP contribution in [-0.4, -0.2) is 27.7 Å². The molecule has 4 heteroatoms. The first-order chi connectivity index (χ1) is 7.70. The molecule has 2 rings (SSSR count). The number of carbonyl (C=O) groups is 1. The first-order valence-corrected chi connectivity index (χ1v) is 6.43. The molecule has 1 heterocycles. The number of hydrogen-bond donors (Lipinski definition) is 2. The van der Waals surface area contributed by atoms with Gasteiger partial charge in [-0.3, -0.25) is 0 Å². The van der Waals surface area contributed by atoms with E-state index in [-0.39, 0.29) is 11.5 Å². The SMILES string of the molecule is O=C(O)c1ccccc1C(O)C1CCSC1. The van der Waals surface area contributed by atoms with Gasteiger partial charge in [0.2, 0.25) is 0 Å². The molecule has 0 aromatic heterocycles. The van der Waals surface area contributed by atoms with Crippen LogP contribution >= 0.6 is 11.8 Å². The summed E-state index contributed by atoms with van der Waals surface area (Å²) in [7, 11) is 0. The molecule has 0 aliphatic carbocycles. The van der Waals surface area contributed by atoms with Crippen molar-refractivity contribution < 1.29 is 15.0 Å². The summed E-state index contributed by atoms with van der Waals surface area (Å²) < 4.78 is 0. The predicted molar refractivity (Wildman–Crippen MR) is 63.8 cm³/mol. The normalized spacial score (nSPS) is 21.9. The van der Waals surface area contributed by atoms with E-state index in [1.54, 1.807) is 24.3 Å². The van der Waals surface area contributed by atoms with Gasteiger partial charge >= 0.3 is 5.97 Å². The summed E-state index contributed by atoms with van der Waals surface area (Å²) in [4.78, 5) is 11.0. The second-order valence-electron chi connectivity index (χ2n) is 3.96. The molecule has 2 unspecified atom stereocenters. The standard InChI is InChI=1S/C12H14O3S/c13-11(8-5-6-16-7-8)9-3-1-2-4-10(9)12(14)15/h1-4,8,11,13H,5-7H2,(H,14,15). The molecule has 0 bridgehead atoms. The molecule has 86 valence electrons. The predicted octanol–water partition coefficient (Wildman–Crippen LogP) is 2.17. The molecule has 1 aromatic rings. The van der Waals surface area contributed by atoms with Crippen LogP contribution in [0.25, 0.3) is 0 Å². The third-order valence-electron chi connectivity index (χ3n) is 2.92. The zero-order valence-corrected chi connectivity index (χ0v) is 9.61. The molecule has 0 spiro atoms. The monoisotopic (exact) mass is 238 g/mol. The number of rotatable bonds is 3. The summed E-state index contributed by atoms with van der Waals surface area (Å²) in [5.41, 5.74) is 0.759. The minimum atomic E-state index is -0.972. The first kappa shape index (κ1) is 11.5. The van der Waals surface area contributed by atoms with Gasteiger partial charge in [0.1, 0.15) is 0 Å².